The molecule has 2 aromatic carbocycles. The van der Waals surface area contributed by atoms with Gasteiger partial charge >= 0.3 is 0 Å². The van der Waals surface area contributed by atoms with Gasteiger partial charge in [-0.3, -0.25) is 0 Å². The van der Waals surface area contributed by atoms with E-state index in [-0.39, 0.29) is 29.7 Å². The summed E-state index contributed by atoms with van der Waals surface area (Å²) in [5, 5.41) is 3.62. The summed E-state index contributed by atoms with van der Waals surface area (Å²) >= 11 is 0. The van der Waals surface area contributed by atoms with Crippen LogP contribution >= 0.6 is 0 Å². The number of nitrogens with zero attached hydrogens (tertiary/aromatic N) is 2. The molecular formula is C16H11F3N2O2. The third kappa shape index (κ3) is 3.18. The average Bonchev–Trinajstić information content (AvgIpc) is 2.95. The van der Waals surface area contributed by atoms with Crippen molar-refractivity contribution in [1.82, 2.24) is 10.1 Å². The van der Waals surface area contributed by atoms with Crippen LogP contribution in [0.25, 0.3) is 11.5 Å². The van der Waals surface area contributed by atoms with E-state index in [1.165, 1.54) is 24.3 Å². The van der Waals surface area contributed by atoms with Crippen LogP contribution in [0.1, 0.15) is 11.4 Å². The summed E-state index contributed by atoms with van der Waals surface area (Å²) in [4.78, 5) is 3.91. The lowest BCUT2D eigenvalue weighted by molar-refractivity contribution is 0.285. The number of ether oxygens (including phenoxy) is 1. The van der Waals surface area contributed by atoms with Gasteiger partial charge in [-0.2, -0.15) is 4.98 Å². The lowest BCUT2D eigenvalue weighted by Crippen LogP contribution is -1.99. The molecule has 0 fully saturated rings. The minimum Gasteiger partial charge on any atom is -0.485 e. The van der Waals surface area contributed by atoms with E-state index in [9.17, 15) is 13.2 Å². The summed E-state index contributed by atoms with van der Waals surface area (Å²) in [5.41, 5.74) is 0.220. The van der Waals surface area contributed by atoms with E-state index in [4.69, 9.17) is 9.26 Å². The first kappa shape index (κ1) is 15.1. The Labute approximate surface area is 129 Å². The molecule has 0 aliphatic heterocycles. The van der Waals surface area contributed by atoms with Gasteiger partial charge in [0.25, 0.3) is 5.89 Å². The Kier molecular flexibility index (Phi) is 4.01. The van der Waals surface area contributed by atoms with Crippen molar-refractivity contribution in [3.63, 3.8) is 0 Å². The number of benzene rings is 2. The monoisotopic (exact) mass is 320 g/mol. The summed E-state index contributed by atoms with van der Waals surface area (Å²) in [7, 11) is 0. The number of halogens is 3. The smallest absolute Gasteiger partial charge is 0.264 e. The molecule has 0 unspecified atom stereocenters. The summed E-state index contributed by atoms with van der Waals surface area (Å²) in [6, 6.07) is 7.50. The maximum atomic E-state index is 13.7. The van der Waals surface area contributed by atoms with Gasteiger partial charge in [-0.25, -0.2) is 13.2 Å². The molecule has 4 nitrogen and oxygen atoms in total. The van der Waals surface area contributed by atoms with Crippen LogP contribution in [0.2, 0.25) is 0 Å². The molecule has 0 atom stereocenters. The molecule has 7 heteroatoms. The first-order valence-electron chi connectivity index (χ1n) is 6.70. The van der Waals surface area contributed by atoms with Crippen molar-refractivity contribution in [2.45, 2.75) is 13.5 Å². The second kappa shape index (κ2) is 6.12. The minimum absolute atomic E-state index is 0.0773. The molecule has 23 heavy (non-hydrogen) atoms. The Morgan fingerprint density at radius 1 is 1.09 bits per heavy atom. The Hall–Kier alpha value is -2.83. The average molecular weight is 320 g/mol. The van der Waals surface area contributed by atoms with Gasteiger partial charge in [0.05, 0.1) is 0 Å². The van der Waals surface area contributed by atoms with Crippen LogP contribution in [0.4, 0.5) is 13.2 Å². The van der Waals surface area contributed by atoms with Crippen molar-refractivity contribution in [3.8, 4) is 17.2 Å². The van der Waals surface area contributed by atoms with Gasteiger partial charge in [-0.1, -0.05) is 11.2 Å². The van der Waals surface area contributed by atoms with E-state index >= 15 is 0 Å². The third-order valence-corrected chi connectivity index (χ3v) is 3.14. The molecule has 0 spiro atoms. The number of rotatable bonds is 4. The van der Waals surface area contributed by atoms with Gasteiger partial charge in [-0.15, -0.1) is 0 Å². The zero-order valence-corrected chi connectivity index (χ0v) is 12.0. The van der Waals surface area contributed by atoms with Gasteiger partial charge in [0.2, 0.25) is 5.82 Å². The van der Waals surface area contributed by atoms with Crippen LogP contribution < -0.4 is 4.74 Å². The first-order chi connectivity index (χ1) is 11.0. The molecule has 0 saturated carbocycles. The van der Waals surface area contributed by atoms with Crippen molar-refractivity contribution in [2.24, 2.45) is 0 Å². The van der Waals surface area contributed by atoms with Gasteiger partial charge in [0.15, 0.2) is 6.61 Å². The predicted molar refractivity (Wildman–Crippen MR) is 75.1 cm³/mol. The van der Waals surface area contributed by atoms with Crippen LogP contribution in [0.5, 0.6) is 5.75 Å². The van der Waals surface area contributed by atoms with E-state index in [0.717, 1.165) is 12.1 Å². The fourth-order valence-corrected chi connectivity index (χ4v) is 2.03. The van der Waals surface area contributed by atoms with Crippen molar-refractivity contribution in [1.29, 1.82) is 0 Å². The van der Waals surface area contributed by atoms with E-state index in [1.54, 1.807) is 6.92 Å². The van der Waals surface area contributed by atoms with Crippen molar-refractivity contribution >= 4 is 0 Å². The molecule has 0 aliphatic carbocycles. The highest BCUT2D eigenvalue weighted by molar-refractivity contribution is 5.54. The summed E-state index contributed by atoms with van der Waals surface area (Å²) in [5.74, 6) is -1.66. The lowest BCUT2D eigenvalue weighted by atomic mass is 10.2. The Morgan fingerprint density at radius 3 is 2.52 bits per heavy atom. The molecule has 0 saturated heterocycles. The van der Waals surface area contributed by atoms with Crippen LogP contribution in [-0.4, -0.2) is 10.1 Å². The van der Waals surface area contributed by atoms with Gasteiger partial charge in [0, 0.05) is 0 Å². The fraction of sp³-hybridized carbons (Fsp3) is 0.125. The molecule has 0 bridgehead atoms. The second-order valence-electron chi connectivity index (χ2n) is 4.81. The maximum absolute atomic E-state index is 13.7. The number of aromatic nitrogens is 2. The zero-order valence-electron chi connectivity index (χ0n) is 12.0. The molecule has 0 N–H and O–H groups in total. The largest absolute Gasteiger partial charge is 0.485 e. The summed E-state index contributed by atoms with van der Waals surface area (Å²) in [6.45, 7) is 1.61. The minimum atomic E-state index is -0.796. The van der Waals surface area contributed by atoms with Crippen molar-refractivity contribution in [2.75, 3.05) is 0 Å². The predicted octanol–water partition coefficient (Wildman–Crippen LogP) is 4.04. The molecule has 0 aliphatic rings. The van der Waals surface area contributed by atoms with Crippen molar-refractivity contribution < 1.29 is 22.4 Å². The van der Waals surface area contributed by atoms with Crippen LogP contribution in [0.3, 0.4) is 0 Å². The van der Waals surface area contributed by atoms with Gasteiger partial charge in [-0.05, 0) is 42.8 Å². The van der Waals surface area contributed by atoms with Gasteiger partial charge < -0.3 is 9.26 Å². The first-order valence-corrected chi connectivity index (χ1v) is 6.70. The van der Waals surface area contributed by atoms with Crippen molar-refractivity contribution in [3.05, 3.63) is 65.2 Å². The molecule has 118 valence electrons. The van der Waals surface area contributed by atoms with Gasteiger partial charge in [0.1, 0.15) is 28.8 Å². The summed E-state index contributed by atoms with van der Waals surface area (Å²) in [6.07, 6.45) is 0. The van der Waals surface area contributed by atoms with E-state index in [1.807, 2.05) is 0 Å². The molecule has 0 amide bonds. The zero-order chi connectivity index (χ0) is 16.4. The molecule has 1 aromatic heterocycles. The molecule has 3 aromatic rings. The fourth-order valence-electron chi connectivity index (χ4n) is 2.03. The van der Waals surface area contributed by atoms with Crippen LogP contribution in [-0.2, 0) is 6.61 Å². The SMILES string of the molecule is Cc1cc(F)ccc1OCc1noc(-c2c(F)cccc2F)n1. The molecule has 1 heterocycles. The second-order valence-corrected chi connectivity index (χ2v) is 4.81. The third-order valence-electron chi connectivity index (χ3n) is 3.14. The number of hydrogen-bond donors (Lipinski definition) is 0. The number of hydrogen-bond acceptors (Lipinski definition) is 4. The molecular weight excluding hydrogens is 309 g/mol. The standard InChI is InChI=1S/C16H11F3N2O2/c1-9-7-10(17)5-6-13(9)22-8-14-20-16(23-21-14)15-11(18)3-2-4-12(15)19/h2-7H,8H2,1H3. The highest BCUT2D eigenvalue weighted by Gasteiger charge is 2.18. The van der Waals surface area contributed by atoms with E-state index < -0.39 is 11.6 Å². The number of aryl methyl sites for hydroxylation is 1. The Balaban J connectivity index is 1.77. The van der Waals surface area contributed by atoms with Crippen LogP contribution in [0.15, 0.2) is 40.9 Å². The highest BCUT2D eigenvalue weighted by atomic mass is 19.1. The topological polar surface area (TPSA) is 48.2 Å². The Bertz CT molecular complexity index is 829. The normalized spacial score (nSPS) is 10.8. The molecule has 3 rings (SSSR count). The van der Waals surface area contributed by atoms with E-state index in [0.29, 0.717) is 11.3 Å². The van der Waals surface area contributed by atoms with Crippen LogP contribution in [0, 0.1) is 24.4 Å². The lowest BCUT2D eigenvalue weighted by Gasteiger charge is -2.06. The molecule has 0 radical (unpaired) electrons. The quantitative estimate of drug-likeness (QED) is 0.728. The maximum Gasteiger partial charge on any atom is 0.264 e. The van der Waals surface area contributed by atoms with E-state index in [2.05, 4.69) is 10.1 Å². The Morgan fingerprint density at radius 2 is 1.83 bits per heavy atom. The highest BCUT2D eigenvalue weighted by Crippen LogP contribution is 2.25. The summed E-state index contributed by atoms with van der Waals surface area (Å²) < 4.78 is 50.6.